The number of rotatable bonds is 6. The monoisotopic (exact) mass is 330 g/mol. The largest absolute Gasteiger partial charge is 0.377 e. The van der Waals surface area contributed by atoms with Crippen LogP contribution in [-0.4, -0.2) is 52.4 Å². The number of methoxy groups -OCH3 is 1. The second-order valence-corrected chi connectivity index (χ2v) is 6.35. The van der Waals surface area contributed by atoms with Gasteiger partial charge in [0.25, 0.3) is 0 Å². The van der Waals surface area contributed by atoms with Gasteiger partial charge in [-0.1, -0.05) is 5.16 Å². The number of aromatic nitrogens is 4. The highest BCUT2D eigenvalue weighted by atomic mass is 16.5. The summed E-state index contributed by atoms with van der Waals surface area (Å²) in [5.41, 5.74) is 0. The Morgan fingerprint density at radius 3 is 2.71 bits per heavy atom. The van der Waals surface area contributed by atoms with Gasteiger partial charge in [-0.2, -0.15) is 4.98 Å². The van der Waals surface area contributed by atoms with Gasteiger partial charge in [-0.15, -0.1) is 0 Å². The lowest BCUT2D eigenvalue weighted by Crippen LogP contribution is -2.46. The van der Waals surface area contributed by atoms with Crippen molar-refractivity contribution >= 4 is 11.8 Å². The van der Waals surface area contributed by atoms with Crippen molar-refractivity contribution in [2.24, 2.45) is 0 Å². The average Bonchev–Trinajstić information content (AvgIpc) is 3.35. The standard InChI is InChI=1S/C16H22N6O2/c1-23-10-14-19-16(24-20-14)21-8-5-13(6-9-21)22(12-2-3-12)15-4-7-17-11-18-15/h4,7,11-13H,2-3,5-6,8-10H2,1H3. The molecular weight excluding hydrogens is 308 g/mol. The van der Waals surface area contributed by atoms with Gasteiger partial charge in [-0.3, -0.25) is 0 Å². The Morgan fingerprint density at radius 1 is 1.25 bits per heavy atom. The van der Waals surface area contributed by atoms with E-state index in [0.717, 1.165) is 31.7 Å². The lowest BCUT2D eigenvalue weighted by molar-refractivity contribution is 0.174. The molecule has 2 fully saturated rings. The molecule has 8 nitrogen and oxygen atoms in total. The summed E-state index contributed by atoms with van der Waals surface area (Å²) in [7, 11) is 1.63. The number of piperidine rings is 1. The molecule has 1 aliphatic carbocycles. The summed E-state index contributed by atoms with van der Waals surface area (Å²) in [4.78, 5) is 17.5. The summed E-state index contributed by atoms with van der Waals surface area (Å²) in [6, 6.07) is 3.75. The van der Waals surface area contributed by atoms with E-state index in [1.807, 2.05) is 12.3 Å². The second kappa shape index (κ2) is 6.72. The van der Waals surface area contributed by atoms with Crippen LogP contribution in [0.2, 0.25) is 0 Å². The van der Waals surface area contributed by atoms with Crippen molar-refractivity contribution in [3.8, 4) is 0 Å². The molecule has 24 heavy (non-hydrogen) atoms. The van der Waals surface area contributed by atoms with Gasteiger partial charge >= 0.3 is 6.01 Å². The SMILES string of the molecule is COCc1noc(N2CCC(N(c3ccncn3)C3CC3)CC2)n1. The maximum absolute atomic E-state index is 5.35. The fourth-order valence-corrected chi connectivity index (χ4v) is 3.36. The fraction of sp³-hybridized carbons (Fsp3) is 0.625. The zero-order valence-electron chi connectivity index (χ0n) is 13.8. The molecule has 0 spiro atoms. The lowest BCUT2D eigenvalue weighted by atomic mass is 10.0. The van der Waals surface area contributed by atoms with Gasteiger partial charge in [-0.05, 0) is 31.7 Å². The van der Waals surface area contributed by atoms with Gasteiger partial charge in [-0.25, -0.2) is 9.97 Å². The molecular formula is C16H22N6O2. The van der Waals surface area contributed by atoms with Crippen molar-refractivity contribution in [1.29, 1.82) is 0 Å². The Labute approximate surface area is 140 Å². The highest BCUT2D eigenvalue weighted by Gasteiger charge is 2.36. The fourth-order valence-electron chi connectivity index (χ4n) is 3.36. The molecule has 3 heterocycles. The van der Waals surface area contributed by atoms with Crippen LogP contribution in [0.3, 0.4) is 0 Å². The maximum Gasteiger partial charge on any atom is 0.324 e. The maximum atomic E-state index is 5.35. The second-order valence-electron chi connectivity index (χ2n) is 6.35. The van der Waals surface area contributed by atoms with E-state index in [2.05, 4.69) is 29.9 Å². The van der Waals surface area contributed by atoms with Crippen molar-refractivity contribution in [2.45, 2.75) is 44.4 Å². The number of nitrogens with zero attached hydrogens (tertiary/aromatic N) is 6. The third kappa shape index (κ3) is 3.19. The molecule has 1 saturated carbocycles. The smallest absolute Gasteiger partial charge is 0.324 e. The van der Waals surface area contributed by atoms with E-state index in [9.17, 15) is 0 Å². The first kappa shape index (κ1) is 15.3. The molecule has 0 N–H and O–H groups in total. The van der Waals surface area contributed by atoms with E-state index in [1.165, 1.54) is 12.8 Å². The summed E-state index contributed by atoms with van der Waals surface area (Å²) < 4.78 is 10.4. The molecule has 0 aromatic carbocycles. The molecule has 0 amide bonds. The summed E-state index contributed by atoms with van der Waals surface area (Å²) in [6.07, 6.45) is 8.09. The van der Waals surface area contributed by atoms with Gasteiger partial charge in [0.05, 0.1) is 0 Å². The van der Waals surface area contributed by atoms with Crippen molar-refractivity contribution < 1.29 is 9.26 Å². The first-order valence-electron chi connectivity index (χ1n) is 8.46. The molecule has 2 aromatic rings. The van der Waals surface area contributed by atoms with Gasteiger partial charge in [0.1, 0.15) is 18.8 Å². The van der Waals surface area contributed by atoms with Gasteiger partial charge in [0, 0.05) is 38.5 Å². The molecule has 2 aliphatic rings. The van der Waals surface area contributed by atoms with Crippen LogP contribution in [0, 0.1) is 0 Å². The minimum Gasteiger partial charge on any atom is -0.377 e. The summed E-state index contributed by atoms with van der Waals surface area (Å²) in [6.45, 7) is 2.20. The van der Waals surface area contributed by atoms with E-state index >= 15 is 0 Å². The van der Waals surface area contributed by atoms with Crippen molar-refractivity contribution in [1.82, 2.24) is 20.1 Å². The van der Waals surface area contributed by atoms with Crippen molar-refractivity contribution in [3.05, 3.63) is 24.4 Å². The van der Waals surface area contributed by atoms with E-state index in [0.29, 0.717) is 30.5 Å². The van der Waals surface area contributed by atoms with Crippen LogP contribution in [0.1, 0.15) is 31.5 Å². The summed E-state index contributed by atoms with van der Waals surface area (Å²) in [5.74, 6) is 1.64. The Morgan fingerprint density at radius 2 is 2.04 bits per heavy atom. The first-order chi connectivity index (χ1) is 11.8. The van der Waals surface area contributed by atoms with Crippen LogP contribution in [0.5, 0.6) is 0 Å². The minimum absolute atomic E-state index is 0.378. The van der Waals surface area contributed by atoms with Crippen LogP contribution in [-0.2, 0) is 11.3 Å². The Bertz CT molecular complexity index is 652. The predicted molar refractivity (Wildman–Crippen MR) is 87.8 cm³/mol. The third-order valence-corrected chi connectivity index (χ3v) is 4.63. The average molecular weight is 330 g/mol. The Hall–Kier alpha value is -2.22. The molecule has 8 heteroatoms. The zero-order chi connectivity index (χ0) is 16.4. The topological polar surface area (TPSA) is 80.4 Å². The van der Waals surface area contributed by atoms with Crippen molar-refractivity contribution in [3.63, 3.8) is 0 Å². The molecule has 0 bridgehead atoms. The molecule has 128 valence electrons. The van der Waals surface area contributed by atoms with Gasteiger partial charge < -0.3 is 19.1 Å². The van der Waals surface area contributed by atoms with E-state index < -0.39 is 0 Å². The molecule has 0 atom stereocenters. The normalized spacial score (nSPS) is 18.8. The van der Waals surface area contributed by atoms with Crippen LogP contribution in [0.15, 0.2) is 23.1 Å². The van der Waals surface area contributed by atoms with E-state index in [1.54, 1.807) is 13.4 Å². The highest BCUT2D eigenvalue weighted by molar-refractivity contribution is 5.42. The molecule has 1 aliphatic heterocycles. The number of ether oxygens (including phenoxy) is 1. The molecule has 0 radical (unpaired) electrons. The third-order valence-electron chi connectivity index (χ3n) is 4.63. The summed E-state index contributed by atoms with van der Waals surface area (Å²) >= 11 is 0. The highest BCUT2D eigenvalue weighted by Crippen LogP contribution is 2.35. The van der Waals surface area contributed by atoms with Crippen LogP contribution in [0.25, 0.3) is 0 Å². The molecule has 4 rings (SSSR count). The van der Waals surface area contributed by atoms with E-state index in [-0.39, 0.29) is 0 Å². The van der Waals surface area contributed by atoms with Crippen molar-refractivity contribution in [2.75, 3.05) is 30.0 Å². The molecule has 0 unspecified atom stereocenters. The first-order valence-corrected chi connectivity index (χ1v) is 8.46. The van der Waals surface area contributed by atoms with Crippen LogP contribution in [0.4, 0.5) is 11.8 Å². The number of hydrogen-bond donors (Lipinski definition) is 0. The van der Waals surface area contributed by atoms with Gasteiger partial charge in [0.2, 0.25) is 0 Å². The predicted octanol–water partition coefficient (Wildman–Crippen LogP) is 1.64. The Balaban J connectivity index is 1.41. The van der Waals surface area contributed by atoms with Gasteiger partial charge in [0.15, 0.2) is 5.82 Å². The lowest BCUT2D eigenvalue weighted by Gasteiger charge is -2.38. The van der Waals surface area contributed by atoms with E-state index in [4.69, 9.17) is 9.26 Å². The molecule has 1 saturated heterocycles. The summed E-state index contributed by atoms with van der Waals surface area (Å²) in [5, 5.41) is 3.94. The quantitative estimate of drug-likeness (QED) is 0.791. The van der Waals surface area contributed by atoms with Crippen LogP contribution >= 0.6 is 0 Å². The zero-order valence-corrected chi connectivity index (χ0v) is 13.8. The molecule has 2 aromatic heterocycles. The number of anilines is 2. The minimum atomic E-state index is 0.378. The Kier molecular flexibility index (Phi) is 4.29. The van der Waals surface area contributed by atoms with Crippen LogP contribution < -0.4 is 9.80 Å². The number of hydrogen-bond acceptors (Lipinski definition) is 8.